The highest BCUT2D eigenvalue weighted by Crippen LogP contribution is 2.25. The number of aromatic nitrogens is 3. The zero-order valence-electron chi connectivity index (χ0n) is 16.8. The second kappa shape index (κ2) is 8.63. The molecule has 0 bridgehead atoms. The van der Waals surface area contributed by atoms with Gasteiger partial charge in [0.05, 0.1) is 18.9 Å². The monoisotopic (exact) mass is 415 g/mol. The van der Waals surface area contributed by atoms with Gasteiger partial charge in [0, 0.05) is 67.0 Å². The predicted octanol–water partition coefficient (Wildman–Crippen LogP) is 3.22. The third-order valence-corrected chi connectivity index (χ3v) is 5.20. The molecule has 0 aliphatic carbocycles. The molecule has 156 valence electrons. The van der Waals surface area contributed by atoms with E-state index in [9.17, 15) is 4.79 Å². The molecule has 3 aromatic heterocycles. The van der Waals surface area contributed by atoms with Gasteiger partial charge in [0.15, 0.2) is 0 Å². The van der Waals surface area contributed by atoms with E-state index in [1.54, 1.807) is 30.7 Å². The maximum Gasteiger partial charge on any atom is 0.336 e. The summed E-state index contributed by atoms with van der Waals surface area (Å²) >= 11 is 0. The number of pyridine rings is 1. The van der Waals surface area contributed by atoms with Crippen LogP contribution >= 0.6 is 0 Å². The summed E-state index contributed by atoms with van der Waals surface area (Å²) in [7, 11) is 0. The number of nitrogens with one attached hydrogen (secondary N) is 1. The predicted molar refractivity (Wildman–Crippen MR) is 117 cm³/mol. The van der Waals surface area contributed by atoms with E-state index in [0.29, 0.717) is 31.3 Å². The summed E-state index contributed by atoms with van der Waals surface area (Å²) in [5.74, 6) is 0.451. The summed E-state index contributed by atoms with van der Waals surface area (Å²) in [5, 5.41) is 4.11. The van der Waals surface area contributed by atoms with Crippen molar-refractivity contribution < 1.29 is 9.15 Å². The van der Waals surface area contributed by atoms with Crippen molar-refractivity contribution in [1.29, 1.82) is 0 Å². The second-order valence-corrected chi connectivity index (χ2v) is 7.32. The van der Waals surface area contributed by atoms with Gasteiger partial charge in [-0.25, -0.2) is 14.8 Å². The maximum absolute atomic E-state index is 12.2. The molecule has 5 rings (SSSR count). The van der Waals surface area contributed by atoms with E-state index < -0.39 is 0 Å². The summed E-state index contributed by atoms with van der Waals surface area (Å²) < 4.78 is 10.9. The van der Waals surface area contributed by atoms with E-state index in [4.69, 9.17) is 9.15 Å². The minimum Gasteiger partial charge on any atom is -0.423 e. The molecule has 1 fully saturated rings. The van der Waals surface area contributed by atoms with Crippen molar-refractivity contribution >= 4 is 22.6 Å². The van der Waals surface area contributed by atoms with Crippen LogP contribution in [-0.4, -0.2) is 46.2 Å². The van der Waals surface area contributed by atoms with Crippen LogP contribution in [0.4, 0.5) is 11.6 Å². The molecule has 4 heterocycles. The Bertz CT molecular complexity index is 1250. The number of nitrogens with zero attached hydrogens (tertiary/aromatic N) is 4. The molecule has 0 unspecified atom stereocenters. The fourth-order valence-corrected chi connectivity index (χ4v) is 3.66. The highest BCUT2D eigenvalue weighted by molar-refractivity contribution is 5.84. The van der Waals surface area contributed by atoms with Gasteiger partial charge in [-0.1, -0.05) is 0 Å². The van der Waals surface area contributed by atoms with Crippen LogP contribution in [0.5, 0.6) is 0 Å². The Kier molecular flexibility index (Phi) is 5.39. The zero-order chi connectivity index (χ0) is 21.0. The lowest BCUT2D eigenvalue weighted by molar-refractivity contribution is 0.0343. The summed E-state index contributed by atoms with van der Waals surface area (Å²) in [6.07, 6.45) is 5.17. The summed E-state index contributed by atoms with van der Waals surface area (Å²) in [6, 6.07) is 12.9. The number of morpholine rings is 1. The Morgan fingerprint density at radius 1 is 1.06 bits per heavy atom. The molecule has 0 spiro atoms. The first kappa shape index (κ1) is 19.3. The molecule has 8 heteroatoms. The number of hydrogen-bond acceptors (Lipinski definition) is 8. The Labute approximate surface area is 178 Å². The Morgan fingerprint density at radius 3 is 2.81 bits per heavy atom. The molecule has 1 aliphatic heterocycles. The van der Waals surface area contributed by atoms with Crippen LogP contribution in [0.1, 0.15) is 5.56 Å². The summed E-state index contributed by atoms with van der Waals surface area (Å²) in [4.78, 5) is 27.4. The molecular formula is C23H21N5O3. The summed E-state index contributed by atoms with van der Waals surface area (Å²) in [5.41, 5.74) is 3.54. The minimum atomic E-state index is -0.359. The van der Waals surface area contributed by atoms with Crippen molar-refractivity contribution in [3.8, 4) is 11.3 Å². The van der Waals surface area contributed by atoms with Gasteiger partial charge in [-0.05, 0) is 35.9 Å². The number of rotatable bonds is 5. The van der Waals surface area contributed by atoms with Crippen LogP contribution < -0.4 is 10.9 Å². The molecule has 1 saturated heterocycles. The van der Waals surface area contributed by atoms with Crippen molar-refractivity contribution in [3.05, 3.63) is 77.0 Å². The van der Waals surface area contributed by atoms with Crippen molar-refractivity contribution in [3.63, 3.8) is 0 Å². The van der Waals surface area contributed by atoms with Crippen molar-refractivity contribution in [2.45, 2.75) is 6.54 Å². The summed E-state index contributed by atoms with van der Waals surface area (Å²) in [6.45, 7) is 3.82. The molecule has 31 heavy (non-hydrogen) atoms. The fourth-order valence-electron chi connectivity index (χ4n) is 3.66. The SMILES string of the molecule is O=c1cc(CN2CCOCC2)c2ccc(Nc3nccc(-c4cccnc4)n3)cc2o1. The fraction of sp³-hybridized carbons (Fsp3) is 0.217. The lowest BCUT2D eigenvalue weighted by atomic mass is 10.1. The molecule has 0 saturated carbocycles. The standard InChI is InChI=1S/C23H21N5O3/c29-22-12-17(15-28-8-10-30-11-9-28)19-4-3-18(13-21(19)31-22)26-23-25-7-5-20(27-23)16-2-1-6-24-14-16/h1-7,12-14H,8-11,15H2,(H,25,26,27). The number of anilines is 2. The Hall–Kier alpha value is -3.62. The first-order valence-corrected chi connectivity index (χ1v) is 10.1. The molecule has 8 nitrogen and oxygen atoms in total. The average Bonchev–Trinajstić information content (AvgIpc) is 2.80. The van der Waals surface area contributed by atoms with Crippen LogP contribution in [-0.2, 0) is 11.3 Å². The maximum atomic E-state index is 12.2. The third-order valence-electron chi connectivity index (χ3n) is 5.20. The first-order chi connectivity index (χ1) is 15.2. The number of fused-ring (bicyclic) bond motifs is 1. The Morgan fingerprint density at radius 2 is 1.97 bits per heavy atom. The highest BCUT2D eigenvalue weighted by Gasteiger charge is 2.14. The van der Waals surface area contributed by atoms with E-state index in [1.807, 2.05) is 30.3 Å². The van der Waals surface area contributed by atoms with Crippen LogP contribution in [0.25, 0.3) is 22.2 Å². The van der Waals surface area contributed by atoms with Gasteiger partial charge in [-0.15, -0.1) is 0 Å². The number of hydrogen-bond donors (Lipinski definition) is 1. The smallest absolute Gasteiger partial charge is 0.336 e. The molecule has 1 aromatic carbocycles. The average molecular weight is 415 g/mol. The zero-order valence-corrected chi connectivity index (χ0v) is 16.8. The van der Waals surface area contributed by atoms with E-state index in [1.165, 1.54) is 0 Å². The molecule has 0 atom stereocenters. The van der Waals surface area contributed by atoms with Crippen molar-refractivity contribution in [2.75, 3.05) is 31.6 Å². The van der Waals surface area contributed by atoms with E-state index in [-0.39, 0.29) is 5.63 Å². The van der Waals surface area contributed by atoms with E-state index in [2.05, 4.69) is 25.2 Å². The largest absolute Gasteiger partial charge is 0.423 e. The van der Waals surface area contributed by atoms with Crippen LogP contribution in [0.3, 0.4) is 0 Å². The highest BCUT2D eigenvalue weighted by atomic mass is 16.5. The number of benzene rings is 1. The molecular weight excluding hydrogens is 394 g/mol. The number of ether oxygens (including phenoxy) is 1. The van der Waals surface area contributed by atoms with Gasteiger partial charge in [-0.3, -0.25) is 9.88 Å². The quantitative estimate of drug-likeness (QED) is 0.497. The van der Waals surface area contributed by atoms with Crippen LogP contribution in [0.15, 0.2) is 70.3 Å². The topological polar surface area (TPSA) is 93.4 Å². The molecule has 1 aliphatic rings. The lowest BCUT2D eigenvalue weighted by Gasteiger charge is -2.26. The van der Waals surface area contributed by atoms with Gasteiger partial charge >= 0.3 is 5.63 Å². The van der Waals surface area contributed by atoms with Gasteiger partial charge < -0.3 is 14.5 Å². The van der Waals surface area contributed by atoms with E-state index in [0.717, 1.165) is 41.0 Å². The van der Waals surface area contributed by atoms with Gasteiger partial charge in [0.1, 0.15) is 5.58 Å². The second-order valence-electron chi connectivity index (χ2n) is 7.32. The molecule has 0 amide bonds. The minimum absolute atomic E-state index is 0.359. The van der Waals surface area contributed by atoms with Gasteiger partial charge in [-0.2, -0.15) is 0 Å². The van der Waals surface area contributed by atoms with Crippen LogP contribution in [0, 0.1) is 0 Å². The van der Waals surface area contributed by atoms with Crippen molar-refractivity contribution in [1.82, 2.24) is 19.9 Å². The molecule has 1 N–H and O–H groups in total. The van der Waals surface area contributed by atoms with Crippen molar-refractivity contribution in [2.24, 2.45) is 0 Å². The molecule has 4 aromatic rings. The molecule has 0 radical (unpaired) electrons. The van der Waals surface area contributed by atoms with Gasteiger partial charge in [0.2, 0.25) is 5.95 Å². The first-order valence-electron chi connectivity index (χ1n) is 10.1. The van der Waals surface area contributed by atoms with E-state index >= 15 is 0 Å². The Balaban J connectivity index is 1.42. The van der Waals surface area contributed by atoms with Gasteiger partial charge in [0.25, 0.3) is 0 Å². The third kappa shape index (κ3) is 4.45. The van der Waals surface area contributed by atoms with Crippen LogP contribution in [0.2, 0.25) is 0 Å². The lowest BCUT2D eigenvalue weighted by Crippen LogP contribution is -2.35. The normalized spacial score (nSPS) is 14.6.